The SMILES string of the molecule is CC(C)(C)c1nc2ccccc2n1C1CN(CC2CCOCC2)C1. The average Bonchev–Trinajstić information content (AvgIpc) is 2.91. The summed E-state index contributed by atoms with van der Waals surface area (Å²) in [7, 11) is 0. The van der Waals surface area contributed by atoms with Gasteiger partial charge in [-0.3, -0.25) is 4.90 Å². The van der Waals surface area contributed by atoms with Gasteiger partial charge in [0.15, 0.2) is 0 Å². The van der Waals surface area contributed by atoms with Gasteiger partial charge < -0.3 is 9.30 Å². The van der Waals surface area contributed by atoms with Gasteiger partial charge in [-0.1, -0.05) is 32.9 Å². The van der Waals surface area contributed by atoms with Crippen LogP contribution in [0, 0.1) is 5.92 Å². The standard InChI is InChI=1S/C20H29N3O/c1-20(2,3)19-21-17-6-4-5-7-18(17)23(19)16-13-22(14-16)12-15-8-10-24-11-9-15/h4-7,15-16H,8-14H2,1-3H3. The number of fused-ring (bicyclic) bond motifs is 1. The molecule has 4 nitrogen and oxygen atoms in total. The van der Waals surface area contributed by atoms with Crippen LogP contribution in [-0.2, 0) is 10.2 Å². The quantitative estimate of drug-likeness (QED) is 0.862. The summed E-state index contributed by atoms with van der Waals surface area (Å²) in [6.07, 6.45) is 2.45. The summed E-state index contributed by atoms with van der Waals surface area (Å²) in [5.41, 5.74) is 2.49. The second-order valence-corrected chi connectivity index (χ2v) is 8.47. The third-order valence-corrected chi connectivity index (χ3v) is 5.43. The number of benzene rings is 1. The monoisotopic (exact) mass is 327 g/mol. The second-order valence-electron chi connectivity index (χ2n) is 8.47. The van der Waals surface area contributed by atoms with Crippen molar-refractivity contribution in [2.24, 2.45) is 5.92 Å². The lowest BCUT2D eigenvalue weighted by Crippen LogP contribution is -2.50. The lowest BCUT2D eigenvalue weighted by Gasteiger charge is -2.43. The minimum absolute atomic E-state index is 0.0696. The van der Waals surface area contributed by atoms with Gasteiger partial charge in [-0.25, -0.2) is 4.98 Å². The van der Waals surface area contributed by atoms with Crippen molar-refractivity contribution in [1.82, 2.24) is 14.5 Å². The summed E-state index contributed by atoms with van der Waals surface area (Å²) in [5.74, 6) is 2.04. The van der Waals surface area contributed by atoms with E-state index < -0.39 is 0 Å². The molecule has 3 heterocycles. The summed E-state index contributed by atoms with van der Waals surface area (Å²) in [4.78, 5) is 7.57. The average molecular weight is 327 g/mol. The van der Waals surface area contributed by atoms with Crippen molar-refractivity contribution in [3.63, 3.8) is 0 Å². The Morgan fingerprint density at radius 1 is 1.12 bits per heavy atom. The largest absolute Gasteiger partial charge is 0.381 e. The van der Waals surface area contributed by atoms with Gasteiger partial charge in [0, 0.05) is 38.3 Å². The topological polar surface area (TPSA) is 30.3 Å². The maximum Gasteiger partial charge on any atom is 0.115 e. The Bertz CT molecular complexity index is 703. The highest BCUT2D eigenvalue weighted by molar-refractivity contribution is 5.76. The molecule has 0 saturated carbocycles. The highest BCUT2D eigenvalue weighted by atomic mass is 16.5. The van der Waals surface area contributed by atoms with Gasteiger partial charge in [0.05, 0.1) is 17.1 Å². The number of rotatable bonds is 3. The Morgan fingerprint density at radius 3 is 2.54 bits per heavy atom. The lowest BCUT2D eigenvalue weighted by atomic mass is 9.93. The van der Waals surface area contributed by atoms with Crippen LogP contribution in [0.5, 0.6) is 0 Å². The molecular formula is C20H29N3O. The highest BCUT2D eigenvalue weighted by Gasteiger charge is 2.35. The van der Waals surface area contributed by atoms with Gasteiger partial charge in [-0.15, -0.1) is 0 Å². The Morgan fingerprint density at radius 2 is 1.83 bits per heavy atom. The molecule has 2 fully saturated rings. The molecule has 0 aliphatic carbocycles. The molecule has 1 aromatic carbocycles. The number of imidazole rings is 1. The van der Waals surface area contributed by atoms with E-state index >= 15 is 0 Å². The third-order valence-electron chi connectivity index (χ3n) is 5.43. The Labute approximate surface area is 144 Å². The molecule has 130 valence electrons. The smallest absolute Gasteiger partial charge is 0.115 e. The molecule has 2 saturated heterocycles. The third kappa shape index (κ3) is 2.98. The summed E-state index contributed by atoms with van der Waals surface area (Å²) in [6.45, 7) is 12.2. The van der Waals surface area contributed by atoms with Crippen LogP contribution in [0.15, 0.2) is 24.3 Å². The van der Waals surface area contributed by atoms with Crippen molar-refractivity contribution >= 4 is 11.0 Å². The molecule has 0 radical (unpaired) electrons. The number of likely N-dealkylation sites (tertiary alicyclic amines) is 1. The Hall–Kier alpha value is -1.39. The van der Waals surface area contributed by atoms with E-state index in [2.05, 4.69) is 54.5 Å². The van der Waals surface area contributed by atoms with Gasteiger partial charge in [0.25, 0.3) is 0 Å². The molecule has 4 heteroatoms. The molecule has 4 rings (SSSR count). The Balaban J connectivity index is 1.52. The van der Waals surface area contributed by atoms with Crippen molar-refractivity contribution in [2.45, 2.75) is 45.1 Å². The Kier molecular flexibility index (Phi) is 4.13. The van der Waals surface area contributed by atoms with Crippen LogP contribution >= 0.6 is 0 Å². The van der Waals surface area contributed by atoms with E-state index in [-0.39, 0.29) is 5.41 Å². The van der Waals surface area contributed by atoms with Crippen LogP contribution in [0.25, 0.3) is 11.0 Å². The van der Waals surface area contributed by atoms with Crippen LogP contribution in [0.4, 0.5) is 0 Å². The summed E-state index contributed by atoms with van der Waals surface area (Å²) in [5, 5.41) is 0. The van der Waals surface area contributed by atoms with Crippen LogP contribution in [0.2, 0.25) is 0 Å². The number of ether oxygens (including phenoxy) is 1. The molecule has 2 aromatic rings. The van der Waals surface area contributed by atoms with E-state index in [0.29, 0.717) is 6.04 Å². The first-order chi connectivity index (χ1) is 11.5. The van der Waals surface area contributed by atoms with Crippen molar-refractivity contribution < 1.29 is 4.74 Å². The first-order valence-corrected chi connectivity index (χ1v) is 9.30. The highest BCUT2D eigenvalue weighted by Crippen LogP contribution is 2.34. The molecule has 0 unspecified atom stereocenters. The minimum atomic E-state index is 0.0696. The summed E-state index contributed by atoms with van der Waals surface area (Å²) >= 11 is 0. The molecule has 0 spiro atoms. The maximum atomic E-state index is 5.48. The molecule has 0 bridgehead atoms. The van der Waals surface area contributed by atoms with Gasteiger partial charge >= 0.3 is 0 Å². The summed E-state index contributed by atoms with van der Waals surface area (Å²) in [6, 6.07) is 9.14. The first kappa shape index (κ1) is 16.1. The zero-order valence-electron chi connectivity index (χ0n) is 15.2. The molecule has 0 amide bonds. The predicted octanol–water partition coefficient (Wildman–Crippen LogP) is 3.62. The van der Waals surface area contributed by atoms with Gasteiger partial charge in [-0.05, 0) is 30.9 Å². The number of nitrogens with zero attached hydrogens (tertiary/aromatic N) is 3. The van der Waals surface area contributed by atoms with Crippen molar-refractivity contribution in [1.29, 1.82) is 0 Å². The fourth-order valence-corrected chi connectivity index (χ4v) is 4.09. The van der Waals surface area contributed by atoms with E-state index in [1.54, 1.807) is 0 Å². The molecule has 0 N–H and O–H groups in total. The van der Waals surface area contributed by atoms with E-state index in [4.69, 9.17) is 9.72 Å². The number of aromatic nitrogens is 2. The van der Waals surface area contributed by atoms with Crippen LogP contribution < -0.4 is 0 Å². The van der Waals surface area contributed by atoms with Crippen LogP contribution in [0.3, 0.4) is 0 Å². The first-order valence-electron chi connectivity index (χ1n) is 9.30. The molecule has 1 aromatic heterocycles. The molecule has 0 atom stereocenters. The van der Waals surface area contributed by atoms with Crippen LogP contribution in [-0.4, -0.2) is 47.3 Å². The van der Waals surface area contributed by atoms with E-state index in [0.717, 1.165) is 37.7 Å². The van der Waals surface area contributed by atoms with Crippen molar-refractivity contribution in [3.05, 3.63) is 30.1 Å². The molecular weight excluding hydrogens is 298 g/mol. The molecule has 2 aliphatic rings. The van der Waals surface area contributed by atoms with Crippen molar-refractivity contribution in [3.8, 4) is 0 Å². The van der Waals surface area contributed by atoms with Gasteiger partial charge in [0.2, 0.25) is 0 Å². The van der Waals surface area contributed by atoms with Gasteiger partial charge in [0.1, 0.15) is 5.82 Å². The van der Waals surface area contributed by atoms with E-state index in [1.165, 1.54) is 30.7 Å². The fraction of sp³-hybridized carbons (Fsp3) is 0.650. The number of hydrogen-bond acceptors (Lipinski definition) is 3. The normalized spacial score (nSPS) is 21.3. The van der Waals surface area contributed by atoms with E-state index in [9.17, 15) is 0 Å². The minimum Gasteiger partial charge on any atom is -0.381 e. The molecule has 2 aliphatic heterocycles. The fourth-order valence-electron chi connectivity index (χ4n) is 4.09. The van der Waals surface area contributed by atoms with Crippen molar-refractivity contribution in [2.75, 3.05) is 32.8 Å². The van der Waals surface area contributed by atoms with Crippen LogP contribution in [0.1, 0.15) is 45.5 Å². The number of hydrogen-bond donors (Lipinski definition) is 0. The zero-order chi connectivity index (χ0) is 16.7. The number of para-hydroxylation sites is 2. The lowest BCUT2D eigenvalue weighted by molar-refractivity contribution is 0.0276. The second kappa shape index (κ2) is 6.16. The molecule has 24 heavy (non-hydrogen) atoms. The zero-order valence-corrected chi connectivity index (χ0v) is 15.2. The maximum absolute atomic E-state index is 5.48. The van der Waals surface area contributed by atoms with Gasteiger partial charge in [-0.2, -0.15) is 0 Å². The predicted molar refractivity (Wildman–Crippen MR) is 97.5 cm³/mol. The summed E-state index contributed by atoms with van der Waals surface area (Å²) < 4.78 is 7.99. The van der Waals surface area contributed by atoms with E-state index in [1.807, 2.05) is 0 Å².